The maximum absolute atomic E-state index is 13.1. The van der Waals surface area contributed by atoms with Crippen molar-refractivity contribution in [3.63, 3.8) is 0 Å². The highest BCUT2D eigenvalue weighted by Gasteiger charge is 2.05. The maximum atomic E-state index is 13.1. The zero-order valence-electron chi connectivity index (χ0n) is 11.8. The molecule has 0 aliphatic carbocycles. The number of benzene rings is 2. The van der Waals surface area contributed by atoms with Crippen LogP contribution in [0.2, 0.25) is 0 Å². The molecule has 0 atom stereocenters. The van der Waals surface area contributed by atoms with Crippen LogP contribution in [0, 0.1) is 26.6 Å². The molecule has 0 aliphatic heterocycles. The first kappa shape index (κ1) is 14.1. The molecule has 0 unspecified atom stereocenters. The molecule has 2 N–H and O–H groups in total. The van der Waals surface area contributed by atoms with Crippen molar-refractivity contribution in [3.05, 3.63) is 58.9 Å². The van der Waals surface area contributed by atoms with E-state index in [1.54, 1.807) is 13.0 Å². The zero-order chi connectivity index (χ0) is 14.7. The Morgan fingerprint density at radius 3 is 1.95 bits per heavy atom. The fraction of sp³-hybridized carbons (Fsp3) is 0.188. The molecule has 2 rings (SSSR count). The largest absolute Gasteiger partial charge is 0.323 e. The standard InChI is InChI=1S/C16H17FN2O/c1-10-4-5-13(8-11(10)2)18-16(20)19-14-6-7-15(17)12(3)9-14/h4-9H,1-3H3,(H2,18,19,20). The number of carbonyl (C=O) groups is 1. The van der Waals surface area contributed by atoms with Gasteiger partial charge in [-0.1, -0.05) is 6.07 Å². The SMILES string of the molecule is Cc1ccc(NC(=O)Nc2ccc(F)c(C)c2)cc1C. The van der Waals surface area contributed by atoms with Crippen molar-refractivity contribution in [2.75, 3.05) is 10.6 Å². The van der Waals surface area contributed by atoms with Crippen LogP contribution in [-0.4, -0.2) is 6.03 Å². The number of halogens is 1. The Labute approximate surface area is 117 Å². The van der Waals surface area contributed by atoms with Crippen molar-refractivity contribution in [3.8, 4) is 0 Å². The van der Waals surface area contributed by atoms with E-state index in [2.05, 4.69) is 10.6 Å². The smallest absolute Gasteiger partial charge is 0.308 e. The van der Waals surface area contributed by atoms with Gasteiger partial charge in [-0.25, -0.2) is 9.18 Å². The number of anilines is 2. The van der Waals surface area contributed by atoms with Crippen LogP contribution in [0.4, 0.5) is 20.6 Å². The molecule has 0 heterocycles. The lowest BCUT2D eigenvalue weighted by molar-refractivity contribution is 0.262. The number of carbonyl (C=O) groups excluding carboxylic acids is 1. The number of hydrogen-bond donors (Lipinski definition) is 2. The van der Waals surface area contributed by atoms with Gasteiger partial charge in [0.1, 0.15) is 5.82 Å². The van der Waals surface area contributed by atoms with Gasteiger partial charge in [0, 0.05) is 11.4 Å². The molecule has 20 heavy (non-hydrogen) atoms. The number of urea groups is 1. The summed E-state index contributed by atoms with van der Waals surface area (Å²) in [4.78, 5) is 11.9. The summed E-state index contributed by atoms with van der Waals surface area (Å²) in [7, 11) is 0. The molecule has 0 spiro atoms. The Morgan fingerprint density at radius 1 is 0.850 bits per heavy atom. The predicted octanol–water partition coefficient (Wildman–Crippen LogP) is 4.39. The first-order valence-electron chi connectivity index (χ1n) is 6.37. The molecule has 2 amide bonds. The van der Waals surface area contributed by atoms with E-state index in [4.69, 9.17) is 0 Å². The van der Waals surface area contributed by atoms with Crippen molar-refractivity contribution in [1.29, 1.82) is 0 Å². The number of nitrogens with one attached hydrogen (secondary N) is 2. The second kappa shape index (κ2) is 5.74. The van der Waals surface area contributed by atoms with Crippen LogP contribution < -0.4 is 10.6 Å². The molecule has 2 aromatic carbocycles. The van der Waals surface area contributed by atoms with Gasteiger partial charge in [-0.2, -0.15) is 0 Å². The van der Waals surface area contributed by atoms with Gasteiger partial charge in [0.05, 0.1) is 0 Å². The van der Waals surface area contributed by atoms with Gasteiger partial charge in [0.2, 0.25) is 0 Å². The zero-order valence-corrected chi connectivity index (χ0v) is 11.8. The van der Waals surface area contributed by atoms with Gasteiger partial charge in [-0.3, -0.25) is 0 Å². The lowest BCUT2D eigenvalue weighted by Crippen LogP contribution is -2.19. The molecule has 0 radical (unpaired) electrons. The van der Waals surface area contributed by atoms with Crippen LogP contribution in [0.1, 0.15) is 16.7 Å². The van der Waals surface area contributed by atoms with Crippen molar-refractivity contribution in [1.82, 2.24) is 0 Å². The van der Waals surface area contributed by atoms with Gasteiger partial charge >= 0.3 is 6.03 Å². The Kier molecular flexibility index (Phi) is 4.03. The molecule has 104 valence electrons. The average molecular weight is 272 g/mol. The van der Waals surface area contributed by atoms with Gasteiger partial charge in [0.15, 0.2) is 0 Å². The van der Waals surface area contributed by atoms with E-state index in [0.29, 0.717) is 11.3 Å². The Bertz CT molecular complexity index is 597. The highest BCUT2D eigenvalue weighted by molar-refractivity contribution is 5.99. The van der Waals surface area contributed by atoms with Crippen LogP contribution in [-0.2, 0) is 0 Å². The van der Waals surface area contributed by atoms with Crippen molar-refractivity contribution >= 4 is 17.4 Å². The highest BCUT2D eigenvalue weighted by atomic mass is 19.1. The Balaban J connectivity index is 2.04. The number of amides is 2. The third-order valence-electron chi connectivity index (χ3n) is 3.18. The Hall–Kier alpha value is -2.36. The van der Waals surface area contributed by atoms with Gasteiger partial charge in [0.25, 0.3) is 0 Å². The van der Waals surface area contributed by atoms with Crippen molar-refractivity contribution in [2.24, 2.45) is 0 Å². The summed E-state index contributed by atoms with van der Waals surface area (Å²) < 4.78 is 13.1. The summed E-state index contributed by atoms with van der Waals surface area (Å²) in [5.41, 5.74) is 4.06. The molecule has 0 fully saturated rings. The van der Waals surface area contributed by atoms with E-state index in [1.165, 1.54) is 17.7 Å². The maximum Gasteiger partial charge on any atom is 0.323 e. The second-order valence-corrected chi connectivity index (χ2v) is 4.84. The van der Waals surface area contributed by atoms with Crippen LogP contribution in [0.5, 0.6) is 0 Å². The fourth-order valence-electron chi connectivity index (χ4n) is 1.84. The summed E-state index contributed by atoms with van der Waals surface area (Å²) >= 11 is 0. The summed E-state index contributed by atoms with van der Waals surface area (Å²) in [6, 6.07) is 9.81. The van der Waals surface area contributed by atoms with Gasteiger partial charge in [-0.15, -0.1) is 0 Å². The third-order valence-corrected chi connectivity index (χ3v) is 3.18. The predicted molar refractivity (Wildman–Crippen MR) is 79.7 cm³/mol. The first-order valence-corrected chi connectivity index (χ1v) is 6.37. The minimum atomic E-state index is -0.348. The van der Waals surface area contributed by atoms with Crippen molar-refractivity contribution < 1.29 is 9.18 Å². The molecule has 0 saturated heterocycles. The fourth-order valence-corrected chi connectivity index (χ4v) is 1.84. The topological polar surface area (TPSA) is 41.1 Å². The van der Waals surface area contributed by atoms with Crippen LogP contribution >= 0.6 is 0 Å². The molecule has 0 aliphatic rings. The van der Waals surface area contributed by atoms with E-state index in [-0.39, 0.29) is 11.8 Å². The van der Waals surface area contributed by atoms with E-state index in [1.807, 2.05) is 32.0 Å². The van der Waals surface area contributed by atoms with E-state index >= 15 is 0 Å². The second-order valence-electron chi connectivity index (χ2n) is 4.84. The molecule has 0 aromatic heterocycles. The molecule has 4 heteroatoms. The summed E-state index contributed by atoms with van der Waals surface area (Å²) in [5, 5.41) is 5.42. The van der Waals surface area contributed by atoms with Crippen LogP contribution in [0.15, 0.2) is 36.4 Å². The summed E-state index contributed by atoms with van der Waals surface area (Å²) in [5.74, 6) is -0.287. The average Bonchev–Trinajstić information content (AvgIpc) is 2.38. The molecule has 0 saturated carbocycles. The van der Waals surface area contributed by atoms with E-state index in [0.717, 1.165) is 11.3 Å². The minimum absolute atomic E-state index is 0.287. The van der Waals surface area contributed by atoms with Crippen LogP contribution in [0.3, 0.4) is 0 Å². The normalized spacial score (nSPS) is 10.2. The van der Waals surface area contributed by atoms with E-state index in [9.17, 15) is 9.18 Å². The Morgan fingerprint density at radius 2 is 1.40 bits per heavy atom. The number of aryl methyl sites for hydroxylation is 3. The van der Waals surface area contributed by atoms with Gasteiger partial charge in [-0.05, 0) is 67.8 Å². The molecular formula is C16H17FN2O. The number of rotatable bonds is 2. The summed E-state index contributed by atoms with van der Waals surface area (Å²) in [6.07, 6.45) is 0. The molecule has 3 nitrogen and oxygen atoms in total. The van der Waals surface area contributed by atoms with E-state index < -0.39 is 0 Å². The number of hydrogen-bond acceptors (Lipinski definition) is 1. The lowest BCUT2D eigenvalue weighted by Gasteiger charge is -2.10. The lowest BCUT2D eigenvalue weighted by atomic mass is 10.1. The van der Waals surface area contributed by atoms with Gasteiger partial charge < -0.3 is 10.6 Å². The first-order chi connectivity index (χ1) is 9.45. The molecular weight excluding hydrogens is 255 g/mol. The highest BCUT2D eigenvalue weighted by Crippen LogP contribution is 2.16. The molecule has 0 bridgehead atoms. The quantitative estimate of drug-likeness (QED) is 0.836. The minimum Gasteiger partial charge on any atom is -0.308 e. The van der Waals surface area contributed by atoms with Crippen LogP contribution in [0.25, 0.3) is 0 Å². The third kappa shape index (κ3) is 3.35. The summed E-state index contributed by atoms with van der Waals surface area (Å²) in [6.45, 7) is 5.66. The van der Waals surface area contributed by atoms with Crippen molar-refractivity contribution in [2.45, 2.75) is 20.8 Å². The monoisotopic (exact) mass is 272 g/mol. The molecule has 2 aromatic rings.